The molecule has 0 aromatic heterocycles. The van der Waals surface area contributed by atoms with Gasteiger partial charge in [0.1, 0.15) is 70.6 Å². The summed E-state index contributed by atoms with van der Waals surface area (Å²) in [6, 6.07) is 17.8. The van der Waals surface area contributed by atoms with Crippen molar-refractivity contribution >= 4 is 75.8 Å². The Balaban J connectivity index is 0.0000128. The summed E-state index contributed by atoms with van der Waals surface area (Å²) >= 11 is 0. The van der Waals surface area contributed by atoms with Gasteiger partial charge in [0.25, 0.3) is 0 Å². The molecule has 23 nitrogen and oxygen atoms in total. The summed E-state index contributed by atoms with van der Waals surface area (Å²) in [5, 5.41) is 1.50. The third-order valence-electron chi connectivity index (χ3n) is 10.5. The Labute approximate surface area is 449 Å². The highest BCUT2D eigenvalue weighted by Gasteiger charge is 2.27. The fraction of sp³-hybridized carbons (Fsp3) is 0.353. The lowest BCUT2D eigenvalue weighted by Crippen LogP contribution is -3.00. The fourth-order valence-corrected chi connectivity index (χ4v) is 6.96. The number of benzene rings is 4. The molecule has 0 bridgehead atoms. The van der Waals surface area contributed by atoms with E-state index in [0.29, 0.717) is 39.5 Å². The molecule has 0 saturated heterocycles. The number of carbonyl (C=O) groups is 8. The van der Waals surface area contributed by atoms with Gasteiger partial charge in [0.2, 0.25) is 38.3 Å². The Hall–Kier alpha value is -8.55. The number of hydrogen-bond acceptors (Lipinski definition) is 22. The Morgan fingerprint density at radius 3 is 1.52 bits per heavy atom. The van der Waals surface area contributed by atoms with E-state index in [4.69, 9.17) is 42.3 Å². The molecule has 0 atom stereocenters. The van der Waals surface area contributed by atoms with E-state index in [0.717, 1.165) is 49.7 Å². The molecule has 1 aliphatic heterocycles. The molecule has 1 aliphatic carbocycles. The quantitative estimate of drug-likeness (QED) is 0.0197. The molecule has 0 unspecified atom stereocenters. The monoisotopic (exact) mass is 1140 g/mol. The van der Waals surface area contributed by atoms with E-state index in [1.54, 1.807) is 12.1 Å². The average Bonchev–Trinajstić information content (AvgIpc) is 3.34. The van der Waals surface area contributed by atoms with Crippen molar-refractivity contribution in [2.45, 2.75) is 27.7 Å². The van der Waals surface area contributed by atoms with Crippen LogP contribution in [0.2, 0.25) is 0 Å². The molecule has 5 rings (SSSR count). The molecular weight excluding hydrogens is 1090 g/mol. The SMILES string of the molecule is CC(=O)OCOC(=O)CN(CC(=O)OCOC(C)=O)c1ccc(-c2c3ccc(=[N+](C)C)cc-3oc3cc(N(C)C)ccc23)cc1OCCOc1c(N(CC(=O)OCOC(C)=O)CC(=O)OCOC(C)=O)ccc(F)c1F.[Br-]. The zero-order valence-corrected chi connectivity index (χ0v) is 44.7. The minimum Gasteiger partial charge on any atom is -1.00 e. The molecular formula is C51H55BrF2N4O19. The van der Waals surface area contributed by atoms with Gasteiger partial charge in [0, 0.05) is 76.1 Å². The van der Waals surface area contributed by atoms with Crippen LogP contribution in [0.15, 0.2) is 71.1 Å². The van der Waals surface area contributed by atoms with Gasteiger partial charge in [0.15, 0.2) is 11.6 Å². The second-order valence-corrected chi connectivity index (χ2v) is 16.5. The highest BCUT2D eigenvalue weighted by molar-refractivity contribution is 6.03. The first-order valence-corrected chi connectivity index (χ1v) is 22.8. The molecule has 0 fully saturated rings. The van der Waals surface area contributed by atoms with Gasteiger partial charge in [-0.15, -0.1) is 0 Å². The van der Waals surface area contributed by atoms with Gasteiger partial charge in [-0.25, -0.2) is 8.97 Å². The highest BCUT2D eigenvalue weighted by Crippen LogP contribution is 2.43. The summed E-state index contributed by atoms with van der Waals surface area (Å²) in [4.78, 5) is 102. The number of esters is 8. The summed E-state index contributed by atoms with van der Waals surface area (Å²) in [5.74, 6) is -10.5. The summed E-state index contributed by atoms with van der Waals surface area (Å²) in [5.41, 5.74) is 2.88. The van der Waals surface area contributed by atoms with Crippen LogP contribution in [0.3, 0.4) is 0 Å². The van der Waals surface area contributed by atoms with E-state index in [1.807, 2.05) is 74.1 Å². The number of rotatable bonds is 25. The van der Waals surface area contributed by atoms with Crippen LogP contribution in [-0.4, -0.2) is 143 Å². The van der Waals surface area contributed by atoms with Crippen molar-refractivity contribution in [1.29, 1.82) is 0 Å². The van der Waals surface area contributed by atoms with Crippen molar-refractivity contribution in [3.8, 4) is 33.9 Å². The van der Waals surface area contributed by atoms with Crippen LogP contribution < -0.4 is 51.1 Å². The van der Waals surface area contributed by atoms with E-state index < -0.39 is 132 Å². The number of anilines is 3. The zero-order chi connectivity index (χ0) is 55.6. The number of nitrogens with zero attached hydrogens (tertiary/aromatic N) is 4. The Bertz CT molecular complexity index is 2950. The summed E-state index contributed by atoms with van der Waals surface area (Å²) in [6.07, 6.45) is 0. The third kappa shape index (κ3) is 18.1. The molecule has 414 valence electrons. The van der Waals surface area contributed by atoms with Crippen LogP contribution in [0.5, 0.6) is 11.5 Å². The van der Waals surface area contributed by atoms with Crippen LogP contribution in [0.1, 0.15) is 27.7 Å². The van der Waals surface area contributed by atoms with Gasteiger partial charge in [0.05, 0.1) is 17.4 Å². The van der Waals surface area contributed by atoms with Gasteiger partial charge in [-0.3, -0.25) is 38.4 Å². The minimum atomic E-state index is -1.56. The van der Waals surface area contributed by atoms with Crippen molar-refractivity contribution in [3.63, 3.8) is 0 Å². The number of halogens is 3. The van der Waals surface area contributed by atoms with Gasteiger partial charge in [-0.2, -0.15) is 4.39 Å². The van der Waals surface area contributed by atoms with E-state index in [9.17, 15) is 38.4 Å². The fourth-order valence-electron chi connectivity index (χ4n) is 6.96. The molecule has 0 spiro atoms. The van der Waals surface area contributed by atoms with Gasteiger partial charge >= 0.3 is 47.8 Å². The minimum absolute atomic E-state index is 0. The van der Waals surface area contributed by atoms with Crippen LogP contribution in [0.4, 0.5) is 25.8 Å². The Morgan fingerprint density at radius 1 is 0.558 bits per heavy atom. The Kier molecular flexibility index (Phi) is 22.9. The molecule has 2 aliphatic rings. The Morgan fingerprint density at radius 2 is 1.04 bits per heavy atom. The molecule has 3 aromatic rings. The largest absolute Gasteiger partial charge is 1.00 e. The second kappa shape index (κ2) is 28.9. The predicted octanol–water partition coefficient (Wildman–Crippen LogP) is 0.910. The maximum atomic E-state index is 15.9. The van der Waals surface area contributed by atoms with E-state index in [2.05, 4.69) is 9.47 Å². The lowest BCUT2D eigenvalue weighted by atomic mass is 9.93. The smallest absolute Gasteiger partial charge is 0.328 e. The highest BCUT2D eigenvalue weighted by atomic mass is 79.9. The second-order valence-electron chi connectivity index (χ2n) is 16.5. The lowest BCUT2D eigenvalue weighted by Gasteiger charge is -2.27. The molecule has 0 radical (unpaired) electrons. The first-order valence-electron chi connectivity index (χ1n) is 22.8. The van der Waals surface area contributed by atoms with Crippen LogP contribution in [0.25, 0.3) is 33.4 Å². The van der Waals surface area contributed by atoms with Crippen molar-refractivity contribution in [1.82, 2.24) is 4.58 Å². The summed E-state index contributed by atoms with van der Waals surface area (Å²) in [6.45, 7) is -2.98. The lowest BCUT2D eigenvalue weighted by molar-refractivity contribution is -0.167. The normalized spacial score (nSPS) is 10.5. The van der Waals surface area contributed by atoms with E-state index in [1.165, 1.54) is 11.0 Å². The van der Waals surface area contributed by atoms with E-state index in [-0.39, 0.29) is 34.1 Å². The number of carbonyl (C=O) groups excluding carboxylic acids is 8. The van der Waals surface area contributed by atoms with Crippen molar-refractivity contribution < 1.29 is 116 Å². The summed E-state index contributed by atoms with van der Waals surface area (Å²) < 4.78 is 90.2. The van der Waals surface area contributed by atoms with E-state index >= 15 is 8.78 Å². The number of fused-ring (bicyclic) bond motifs is 2. The van der Waals surface area contributed by atoms with Gasteiger partial charge in [-0.1, -0.05) is 6.07 Å². The number of ether oxygens (including phenoxy) is 10. The molecule has 0 saturated carbocycles. The first kappa shape index (κ1) is 61.0. The number of hydrogen-bond donors (Lipinski definition) is 0. The molecule has 77 heavy (non-hydrogen) atoms. The predicted molar refractivity (Wildman–Crippen MR) is 262 cm³/mol. The molecule has 3 aromatic carbocycles. The maximum Gasteiger partial charge on any atom is 0.328 e. The molecule has 1 heterocycles. The van der Waals surface area contributed by atoms with Crippen LogP contribution in [-0.2, 0) is 76.3 Å². The van der Waals surface area contributed by atoms with Crippen LogP contribution >= 0.6 is 0 Å². The van der Waals surface area contributed by atoms with Crippen LogP contribution in [0, 0.1) is 11.6 Å². The van der Waals surface area contributed by atoms with Gasteiger partial charge in [-0.05, 0) is 48.0 Å². The van der Waals surface area contributed by atoms with Crippen molar-refractivity contribution in [3.05, 3.63) is 83.7 Å². The molecule has 26 heteroatoms. The van der Waals surface area contributed by atoms with Crippen molar-refractivity contribution in [2.75, 3.05) is 109 Å². The first-order chi connectivity index (χ1) is 36.1. The molecule has 0 N–H and O–H groups in total. The van der Waals surface area contributed by atoms with Gasteiger partial charge < -0.3 is 83.5 Å². The maximum absolute atomic E-state index is 15.9. The topological polar surface area (TPSA) is 255 Å². The summed E-state index contributed by atoms with van der Waals surface area (Å²) in [7, 11) is 7.51. The zero-order valence-electron chi connectivity index (χ0n) is 43.1. The van der Waals surface area contributed by atoms with Crippen molar-refractivity contribution in [2.24, 2.45) is 0 Å². The molecule has 0 amide bonds. The standard InChI is InChI=1S/C51H55F2N4O19.BrH/c1-30(58)68-26-72-45(62)22-56(23-46(63)73-27-69-31(2)59)40-15-9-34(49-37-12-10-35(54(5)6)20-42(37)76-43-21-36(55(7)8)11-13-38(43)49)19-44(40)66-17-18-67-51-41(16-14-39(52)50(51)53)57(24-47(64)74-28-70-32(3)60)25-48(65)75-29-71-33(4)61;/h9-16,19-21H,17-18,22-29H2,1-8H3;1H/q+1;/p-1. The third-order valence-corrected chi connectivity index (χ3v) is 10.5. The average molecular weight is 1150 g/mol.